The highest BCUT2D eigenvalue weighted by Crippen LogP contribution is 2.20. The van der Waals surface area contributed by atoms with E-state index >= 15 is 0 Å². The molecule has 1 atom stereocenters. The Morgan fingerprint density at radius 1 is 1.24 bits per heavy atom. The summed E-state index contributed by atoms with van der Waals surface area (Å²) in [5.41, 5.74) is 0.767. The molecule has 0 heterocycles. The standard InChI is InChI=1S/C13H20O4/c14-11-8-10(12(15)9-11)6-4-2-1-3-5-7-13(16)17/h8,11,14H,1-7,9H2,(H,16,17). The Bertz CT molecular complexity index is 307. The van der Waals surface area contributed by atoms with Crippen molar-refractivity contribution < 1.29 is 19.8 Å². The molecule has 0 bridgehead atoms. The lowest BCUT2D eigenvalue weighted by Crippen LogP contribution is -2.01. The third kappa shape index (κ3) is 5.63. The van der Waals surface area contributed by atoms with Crippen molar-refractivity contribution in [2.24, 2.45) is 0 Å². The molecule has 0 radical (unpaired) electrons. The molecule has 4 heteroatoms. The number of hydrogen-bond donors (Lipinski definition) is 2. The molecule has 0 aromatic rings. The van der Waals surface area contributed by atoms with Gasteiger partial charge in [0.15, 0.2) is 5.78 Å². The molecule has 0 aromatic heterocycles. The summed E-state index contributed by atoms with van der Waals surface area (Å²) in [6.07, 6.45) is 6.95. The van der Waals surface area contributed by atoms with E-state index < -0.39 is 12.1 Å². The van der Waals surface area contributed by atoms with Crippen molar-refractivity contribution in [3.05, 3.63) is 11.6 Å². The first-order chi connectivity index (χ1) is 8.09. The van der Waals surface area contributed by atoms with Gasteiger partial charge in [0.25, 0.3) is 0 Å². The zero-order valence-corrected chi connectivity index (χ0v) is 10.0. The van der Waals surface area contributed by atoms with E-state index in [1.165, 1.54) is 0 Å². The Hall–Kier alpha value is -1.16. The van der Waals surface area contributed by atoms with Crippen LogP contribution in [-0.4, -0.2) is 28.1 Å². The van der Waals surface area contributed by atoms with Gasteiger partial charge in [0.1, 0.15) is 0 Å². The SMILES string of the molecule is O=C(O)CCCCCCCC1=CC(O)CC1=O. The van der Waals surface area contributed by atoms with E-state index in [0.717, 1.165) is 44.1 Å². The molecule has 96 valence electrons. The van der Waals surface area contributed by atoms with Gasteiger partial charge in [-0.15, -0.1) is 0 Å². The van der Waals surface area contributed by atoms with Crippen molar-refractivity contribution >= 4 is 11.8 Å². The first kappa shape index (κ1) is 13.9. The van der Waals surface area contributed by atoms with Crippen LogP contribution in [-0.2, 0) is 9.59 Å². The zero-order valence-electron chi connectivity index (χ0n) is 10.0. The zero-order chi connectivity index (χ0) is 12.7. The molecule has 0 saturated heterocycles. The minimum Gasteiger partial charge on any atom is -0.481 e. The molecule has 17 heavy (non-hydrogen) atoms. The van der Waals surface area contributed by atoms with Crippen molar-refractivity contribution in [1.29, 1.82) is 0 Å². The summed E-state index contributed by atoms with van der Waals surface area (Å²) >= 11 is 0. The number of aliphatic hydroxyl groups is 1. The number of rotatable bonds is 8. The second kappa shape index (κ2) is 7.22. The fraction of sp³-hybridized carbons (Fsp3) is 0.692. The van der Waals surface area contributed by atoms with E-state index in [2.05, 4.69) is 0 Å². The number of unbranched alkanes of at least 4 members (excludes halogenated alkanes) is 4. The van der Waals surface area contributed by atoms with Gasteiger partial charge in [0, 0.05) is 12.8 Å². The lowest BCUT2D eigenvalue weighted by atomic mass is 10.0. The Morgan fingerprint density at radius 2 is 1.88 bits per heavy atom. The smallest absolute Gasteiger partial charge is 0.303 e. The lowest BCUT2D eigenvalue weighted by Gasteiger charge is -2.01. The number of carbonyl (C=O) groups is 2. The summed E-state index contributed by atoms with van der Waals surface area (Å²) in [7, 11) is 0. The van der Waals surface area contributed by atoms with Crippen LogP contribution in [0, 0.1) is 0 Å². The van der Waals surface area contributed by atoms with Gasteiger partial charge in [0.05, 0.1) is 6.10 Å². The summed E-state index contributed by atoms with van der Waals surface area (Å²) in [6.45, 7) is 0. The van der Waals surface area contributed by atoms with E-state index in [0.29, 0.717) is 0 Å². The molecule has 0 saturated carbocycles. The van der Waals surface area contributed by atoms with Gasteiger partial charge in [-0.3, -0.25) is 9.59 Å². The molecule has 1 rings (SSSR count). The Labute approximate surface area is 101 Å². The molecule has 0 fully saturated rings. The van der Waals surface area contributed by atoms with Crippen LogP contribution < -0.4 is 0 Å². The van der Waals surface area contributed by atoms with Crippen molar-refractivity contribution in [2.45, 2.75) is 57.5 Å². The number of allylic oxidation sites excluding steroid dienone is 1. The van der Waals surface area contributed by atoms with E-state index in [-0.39, 0.29) is 18.6 Å². The molecule has 0 aliphatic heterocycles. The van der Waals surface area contributed by atoms with Crippen LogP contribution >= 0.6 is 0 Å². The predicted molar refractivity (Wildman–Crippen MR) is 63.7 cm³/mol. The van der Waals surface area contributed by atoms with Gasteiger partial charge in [-0.25, -0.2) is 0 Å². The predicted octanol–water partition coefficient (Wildman–Crippen LogP) is 2.06. The highest BCUT2D eigenvalue weighted by Gasteiger charge is 2.21. The fourth-order valence-corrected chi connectivity index (χ4v) is 2.05. The highest BCUT2D eigenvalue weighted by molar-refractivity contribution is 5.98. The molecular formula is C13H20O4. The Kier molecular flexibility index (Phi) is 5.91. The average molecular weight is 240 g/mol. The topological polar surface area (TPSA) is 74.6 Å². The van der Waals surface area contributed by atoms with Crippen LogP contribution in [0.1, 0.15) is 51.4 Å². The molecule has 0 aromatic carbocycles. The summed E-state index contributed by atoms with van der Waals surface area (Å²) in [4.78, 5) is 21.6. The van der Waals surface area contributed by atoms with Crippen molar-refractivity contribution in [3.8, 4) is 0 Å². The number of carbonyl (C=O) groups excluding carboxylic acids is 1. The average Bonchev–Trinajstić information content (AvgIpc) is 2.55. The molecule has 0 amide bonds. The molecule has 1 aliphatic rings. The summed E-state index contributed by atoms with van der Waals surface area (Å²) in [6, 6.07) is 0. The summed E-state index contributed by atoms with van der Waals surface area (Å²) < 4.78 is 0. The second-order valence-corrected chi connectivity index (χ2v) is 4.55. The number of ketones is 1. The van der Waals surface area contributed by atoms with Crippen LogP contribution in [0.25, 0.3) is 0 Å². The molecule has 2 N–H and O–H groups in total. The Balaban J connectivity index is 1.99. The number of carboxylic acids is 1. The van der Waals surface area contributed by atoms with Crippen LogP contribution in [0.2, 0.25) is 0 Å². The van der Waals surface area contributed by atoms with Crippen LogP contribution in [0.3, 0.4) is 0 Å². The number of hydrogen-bond acceptors (Lipinski definition) is 3. The normalized spacial score (nSPS) is 19.5. The first-order valence-corrected chi connectivity index (χ1v) is 6.23. The van der Waals surface area contributed by atoms with E-state index in [9.17, 15) is 14.7 Å². The van der Waals surface area contributed by atoms with Gasteiger partial charge < -0.3 is 10.2 Å². The highest BCUT2D eigenvalue weighted by atomic mass is 16.4. The summed E-state index contributed by atoms with van der Waals surface area (Å²) in [5, 5.41) is 17.7. The maximum Gasteiger partial charge on any atom is 0.303 e. The fourth-order valence-electron chi connectivity index (χ4n) is 2.05. The minimum absolute atomic E-state index is 0.0726. The number of carboxylic acid groups (broad SMARTS) is 1. The van der Waals surface area contributed by atoms with Crippen LogP contribution in [0.15, 0.2) is 11.6 Å². The lowest BCUT2D eigenvalue weighted by molar-refractivity contribution is -0.137. The maximum atomic E-state index is 11.3. The van der Waals surface area contributed by atoms with Crippen molar-refractivity contribution in [3.63, 3.8) is 0 Å². The number of Topliss-reactive ketones (excluding diaryl/α,β-unsaturated/α-hetero) is 1. The van der Waals surface area contributed by atoms with E-state index in [1.807, 2.05) is 0 Å². The van der Waals surface area contributed by atoms with E-state index in [4.69, 9.17) is 5.11 Å². The van der Waals surface area contributed by atoms with Crippen LogP contribution in [0.5, 0.6) is 0 Å². The molecular weight excluding hydrogens is 220 g/mol. The third-order valence-corrected chi connectivity index (χ3v) is 2.98. The minimum atomic E-state index is -0.735. The number of aliphatic carboxylic acids is 1. The van der Waals surface area contributed by atoms with Crippen molar-refractivity contribution in [1.82, 2.24) is 0 Å². The maximum absolute atomic E-state index is 11.3. The monoisotopic (exact) mass is 240 g/mol. The Morgan fingerprint density at radius 3 is 2.47 bits per heavy atom. The van der Waals surface area contributed by atoms with Crippen molar-refractivity contribution in [2.75, 3.05) is 0 Å². The van der Waals surface area contributed by atoms with Gasteiger partial charge >= 0.3 is 5.97 Å². The second-order valence-electron chi connectivity index (χ2n) is 4.55. The number of aliphatic hydroxyl groups excluding tert-OH is 1. The quantitative estimate of drug-likeness (QED) is 0.637. The van der Waals surface area contributed by atoms with Crippen LogP contribution in [0.4, 0.5) is 0 Å². The van der Waals surface area contributed by atoms with E-state index in [1.54, 1.807) is 6.08 Å². The van der Waals surface area contributed by atoms with Gasteiger partial charge in [-0.1, -0.05) is 19.3 Å². The molecule has 0 spiro atoms. The first-order valence-electron chi connectivity index (χ1n) is 6.23. The molecule has 1 unspecified atom stereocenters. The van der Waals surface area contributed by atoms with Gasteiger partial charge in [-0.2, -0.15) is 0 Å². The molecule has 1 aliphatic carbocycles. The third-order valence-electron chi connectivity index (χ3n) is 2.98. The molecule has 4 nitrogen and oxygen atoms in total. The van der Waals surface area contributed by atoms with Gasteiger partial charge in [-0.05, 0) is 30.9 Å². The largest absolute Gasteiger partial charge is 0.481 e. The summed E-state index contributed by atoms with van der Waals surface area (Å²) in [5.74, 6) is -0.663. The van der Waals surface area contributed by atoms with Gasteiger partial charge in [0.2, 0.25) is 0 Å².